The van der Waals surface area contributed by atoms with E-state index in [-0.39, 0.29) is 24.4 Å². The first kappa shape index (κ1) is 25.3. The molecule has 0 saturated heterocycles. The summed E-state index contributed by atoms with van der Waals surface area (Å²) in [6, 6.07) is 4.24. The molecule has 0 spiro atoms. The minimum absolute atomic E-state index is 0.171. The highest BCUT2D eigenvalue weighted by molar-refractivity contribution is 7.89. The van der Waals surface area contributed by atoms with Crippen LogP contribution in [-0.4, -0.2) is 56.5 Å². The number of hydrogen-bond donors (Lipinski definition) is 2. The molecule has 2 amide bonds. The number of benzene rings is 1. The van der Waals surface area contributed by atoms with Gasteiger partial charge in [-0.25, -0.2) is 13.2 Å². The number of amides is 2. The monoisotopic (exact) mass is 477 g/mol. The molecule has 9 nitrogen and oxygen atoms in total. The largest absolute Gasteiger partial charge is 0.466 e. The molecular weight excluding hydrogens is 455 g/mol. The van der Waals surface area contributed by atoms with Crippen LogP contribution >= 0.6 is 0 Å². The van der Waals surface area contributed by atoms with Crippen molar-refractivity contribution in [2.45, 2.75) is 43.8 Å². The molecule has 1 aromatic carbocycles. The van der Waals surface area contributed by atoms with E-state index in [4.69, 9.17) is 0 Å². The number of allylic oxidation sites excluding steroid dienone is 1. The fraction of sp³-hybridized carbons (Fsp3) is 0.421. The molecule has 0 radical (unpaired) electrons. The van der Waals surface area contributed by atoms with Gasteiger partial charge in [0.15, 0.2) is 0 Å². The predicted octanol–water partition coefficient (Wildman–Crippen LogP) is 1.92. The van der Waals surface area contributed by atoms with Gasteiger partial charge in [-0.3, -0.25) is 9.59 Å². The standard InChI is InChI=1S/C19H22F3N3O6S/c1-5-10-25-11(2)15(16(27)31-4)18(17(25)28,19(20,21)22)24-32(29,30)14-8-6-13(7-9-14)23-12(3)26/h6-9,24H,5,10H2,1-4H3,(H,23,26)/t18-/m0/s1. The van der Waals surface area contributed by atoms with Gasteiger partial charge in [0.25, 0.3) is 5.91 Å². The van der Waals surface area contributed by atoms with E-state index in [2.05, 4.69) is 10.1 Å². The SMILES string of the molecule is CCCN1C(=O)[C@](NS(=O)(=O)c2ccc(NC(C)=O)cc2)(C(F)(F)F)C(C(=O)OC)=C1C. The number of esters is 1. The first-order chi connectivity index (χ1) is 14.7. The number of nitrogens with zero attached hydrogens (tertiary/aromatic N) is 1. The normalized spacial score (nSPS) is 19.3. The number of nitrogens with one attached hydrogen (secondary N) is 2. The molecule has 32 heavy (non-hydrogen) atoms. The molecule has 2 N–H and O–H groups in total. The van der Waals surface area contributed by atoms with Crippen LogP contribution in [0.1, 0.15) is 27.2 Å². The van der Waals surface area contributed by atoms with Crippen LogP contribution in [0.25, 0.3) is 0 Å². The summed E-state index contributed by atoms with van der Waals surface area (Å²) in [5.74, 6) is -3.58. The van der Waals surface area contributed by atoms with Crippen molar-refractivity contribution in [1.29, 1.82) is 0 Å². The molecule has 1 aliphatic rings. The fourth-order valence-electron chi connectivity index (χ4n) is 3.36. The lowest BCUT2D eigenvalue weighted by atomic mass is 9.91. The quantitative estimate of drug-likeness (QED) is 0.579. The van der Waals surface area contributed by atoms with Crippen LogP contribution in [0, 0.1) is 0 Å². The Morgan fingerprint density at radius 3 is 2.19 bits per heavy atom. The van der Waals surface area contributed by atoms with Crippen molar-refractivity contribution in [3.05, 3.63) is 35.5 Å². The molecule has 1 aliphatic heterocycles. The number of carbonyl (C=O) groups is 3. The van der Waals surface area contributed by atoms with Crippen LogP contribution in [0.15, 0.2) is 40.4 Å². The van der Waals surface area contributed by atoms with Gasteiger partial charge >= 0.3 is 12.1 Å². The van der Waals surface area contributed by atoms with Gasteiger partial charge in [0.2, 0.25) is 21.5 Å². The summed E-state index contributed by atoms with van der Waals surface area (Å²) in [6.07, 6.45) is -5.26. The number of anilines is 1. The van der Waals surface area contributed by atoms with E-state index in [1.54, 1.807) is 6.92 Å². The number of methoxy groups -OCH3 is 1. The number of carbonyl (C=O) groups excluding carboxylic acids is 3. The van der Waals surface area contributed by atoms with E-state index in [1.165, 1.54) is 23.8 Å². The number of ether oxygens (including phenoxy) is 1. The minimum atomic E-state index is -5.51. The van der Waals surface area contributed by atoms with Crippen LogP contribution in [0.3, 0.4) is 0 Å². The lowest BCUT2D eigenvalue weighted by Crippen LogP contribution is -2.66. The third kappa shape index (κ3) is 4.35. The van der Waals surface area contributed by atoms with E-state index in [0.717, 1.165) is 26.2 Å². The summed E-state index contributed by atoms with van der Waals surface area (Å²) in [6.45, 7) is 3.77. The maximum absolute atomic E-state index is 14.4. The summed E-state index contributed by atoms with van der Waals surface area (Å²) in [4.78, 5) is 36.5. The van der Waals surface area contributed by atoms with Gasteiger partial charge < -0.3 is 15.0 Å². The summed E-state index contributed by atoms with van der Waals surface area (Å²) in [7, 11) is -4.15. The van der Waals surface area contributed by atoms with Gasteiger partial charge in [0.1, 0.15) is 0 Å². The van der Waals surface area contributed by atoms with E-state index < -0.39 is 50.0 Å². The predicted molar refractivity (Wildman–Crippen MR) is 107 cm³/mol. The van der Waals surface area contributed by atoms with Crippen molar-refractivity contribution in [3.63, 3.8) is 0 Å². The maximum atomic E-state index is 14.4. The Labute approximate surface area is 182 Å². The van der Waals surface area contributed by atoms with Crippen molar-refractivity contribution < 1.29 is 40.7 Å². The van der Waals surface area contributed by atoms with Crippen molar-refractivity contribution in [1.82, 2.24) is 9.62 Å². The third-order valence-electron chi connectivity index (χ3n) is 4.74. The van der Waals surface area contributed by atoms with Crippen LogP contribution < -0.4 is 10.0 Å². The van der Waals surface area contributed by atoms with Gasteiger partial charge in [0.05, 0.1) is 17.6 Å². The second-order valence-electron chi connectivity index (χ2n) is 6.97. The van der Waals surface area contributed by atoms with E-state index in [0.29, 0.717) is 4.90 Å². The summed E-state index contributed by atoms with van der Waals surface area (Å²) < 4.78 is 74.9. The molecule has 176 valence electrons. The van der Waals surface area contributed by atoms with Crippen LogP contribution in [0.2, 0.25) is 0 Å². The molecule has 0 bridgehead atoms. The molecule has 0 aliphatic carbocycles. The van der Waals surface area contributed by atoms with Gasteiger partial charge in [-0.05, 0) is 37.6 Å². The number of hydrogen-bond acceptors (Lipinski definition) is 6. The average Bonchev–Trinajstić information content (AvgIpc) is 2.89. The highest BCUT2D eigenvalue weighted by Crippen LogP contribution is 2.46. The molecule has 0 fully saturated rings. The first-order valence-electron chi connectivity index (χ1n) is 9.33. The zero-order chi connectivity index (χ0) is 24.5. The topological polar surface area (TPSA) is 122 Å². The van der Waals surface area contributed by atoms with Gasteiger partial charge in [-0.1, -0.05) is 6.92 Å². The maximum Gasteiger partial charge on any atom is 0.421 e. The summed E-state index contributed by atoms with van der Waals surface area (Å²) in [5.41, 5.74) is -5.16. The number of alkyl halides is 3. The molecule has 0 saturated carbocycles. The van der Waals surface area contributed by atoms with E-state index in [1.807, 2.05) is 0 Å². The van der Waals surface area contributed by atoms with Crippen molar-refractivity contribution in [2.24, 2.45) is 0 Å². The number of halogens is 3. The minimum Gasteiger partial charge on any atom is -0.466 e. The van der Waals surface area contributed by atoms with Crippen molar-refractivity contribution >= 4 is 33.5 Å². The Bertz CT molecular complexity index is 1070. The third-order valence-corrected chi connectivity index (χ3v) is 6.21. The lowest BCUT2D eigenvalue weighted by molar-refractivity contribution is -0.190. The number of sulfonamides is 1. The molecule has 2 rings (SSSR count). The van der Waals surface area contributed by atoms with E-state index in [9.17, 15) is 36.0 Å². The van der Waals surface area contributed by atoms with Crippen LogP contribution in [0.5, 0.6) is 0 Å². The van der Waals surface area contributed by atoms with Crippen LogP contribution in [-0.2, 0) is 29.1 Å². The second kappa shape index (κ2) is 8.90. The average molecular weight is 477 g/mol. The Morgan fingerprint density at radius 2 is 1.75 bits per heavy atom. The zero-order valence-electron chi connectivity index (χ0n) is 17.7. The van der Waals surface area contributed by atoms with Gasteiger partial charge in [0, 0.05) is 24.9 Å². The van der Waals surface area contributed by atoms with Crippen molar-refractivity contribution in [2.75, 3.05) is 19.0 Å². The van der Waals surface area contributed by atoms with Crippen LogP contribution in [0.4, 0.5) is 18.9 Å². The van der Waals surface area contributed by atoms with Crippen molar-refractivity contribution in [3.8, 4) is 0 Å². The second-order valence-corrected chi connectivity index (χ2v) is 8.65. The Balaban J connectivity index is 2.66. The molecule has 13 heteroatoms. The summed E-state index contributed by atoms with van der Waals surface area (Å²) >= 11 is 0. The number of rotatable bonds is 7. The molecule has 1 heterocycles. The van der Waals surface area contributed by atoms with E-state index >= 15 is 0 Å². The fourth-order valence-corrected chi connectivity index (χ4v) is 4.68. The highest BCUT2D eigenvalue weighted by atomic mass is 32.2. The van der Waals surface area contributed by atoms with Gasteiger partial charge in [-0.2, -0.15) is 17.9 Å². The molecule has 1 atom stereocenters. The lowest BCUT2D eigenvalue weighted by Gasteiger charge is -2.32. The smallest absolute Gasteiger partial charge is 0.421 e. The first-order valence-corrected chi connectivity index (χ1v) is 10.8. The summed E-state index contributed by atoms with van der Waals surface area (Å²) in [5, 5.41) is 2.39. The zero-order valence-corrected chi connectivity index (χ0v) is 18.5. The van der Waals surface area contributed by atoms with Gasteiger partial charge in [-0.15, -0.1) is 0 Å². The Morgan fingerprint density at radius 1 is 1.19 bits per heavy atom. The molecule has 1 aromatic rings. The highest BCUT2D eigenvalue weighted by Gasteiger charge is 2.71. The Kier molecular flexibility index (Phi) is 7.05. The molecule has 0 unspecified atom stereocenters. The Hall–Kier alpha value is -2.93. The molecule has 0 aromatic heterocycles. The molecular formula is C19H22F3N3O6S.